The summed E-state index contributed by atoms with van der Waals surface area (Å²) in [6, 6.07) is 3.66. The van der Waals surface area contributed by atoms with Gasteiger partial charge in [0.1, 0.15) is 23.0 Å². The fraction of sp³-hybridized carbons (Fsp3) is 0.208. The SMILES string of the molecule is C=CC(=C(C)C=CC)c1nc(C)nc2[nH]c3cc(-c4c(C)noc4C)c(O)cc3c12. The molecule has 0 fully saturated rings. The summed E-state index contributed by atoms with van der Waals surface area (Å²) in [5, 5.41) is 16.6. The summed E-state index contributed by atoms with van der Waals surface area (Å²) < 4.78 is 5.29. The number of aromatic hydroxyl groups is 1. The molecule has 0 aliphatic rings. The number of fused-ring (bicyclic) bond motifs is 3. The quantitative estimate of drug-likeness (QED) is 0.414. The number of aryl methyl sites for hydroxylation is 3. The third-order valence-electron chi connectivity index (χ3n) is 5.28. The molecule has 6 nitrogen and oxygen atoms in total. The van der Waals surface area contributed by atoms with Gasteiger partial charge in [-0.2, -0.15) is 0 Å². The Bertz CT molecular complexity index is 1350. The first-order valence-electron chi connectivity index (χ1n) is 9.78. The summed E-state index contributed by atoms with van der Waals surface area (Å²) in [5.74, 6) is 1.47. The van der Waals surface area contributed by atoms with Crippen LogP contribution >= 0.6 is 0 Å². The van der Waals surface area contributed by atoms with Crippen LogP contribution in [0.25, 0.3) is 38.6 Å². The fourth-order valence-electron chi connectivity index (χ4n) is 3.99. The lowest BCUT2D eigenvalue weighted by Crippen LogP contribution is -1.97. The van der Waals surface area contributed by atoms with Crippen LogP contribution in [-0.2, 0) is 0 Å². The first-order valence-corrected chi connectivity index (χ1v) is 9.78. The second kappa shape index (κ2) is 7.30. The van der Waals surface area contributed by atoms with Crippen LogP contribution in [0.2, 0.25) is 0 Å². The topological polar surface area (TPSA) is 87.8 Å². The molecule has 0 aliphatic heterocycles. The number of H-pyrrole nitrogens is 1. The molecule has 0 radical (unpaired) electrons. The Labute approximate surface area is 174 Å². The van der Waals surface area contributed by atoms with Crippen LogP contribution in [0.1, 0.15) is 36.8 Å². The molecule has 152 valence electrons. The van der Waals surface area contributed by atoms with Gasteiger partial charge in [0, 0.05) is 22.0 Å². The number of phenolic OH excluding ortho intramolecular Hbond substituents is 1. The van der Waals surface area contributed by atoms with E-state index >= 15 is 0 Å². The molecule has 2 N–H and O–H groups in total. The van der Waals surface area contributed by atoms with Crippen LogP contribution in [0.15, 0.2) is 47.0 Å². The molecule has 0 saturated heterocycles. The van der Waals surface area contributed by atoms with Crippen molar-refractivity contribution in [2.45, 2.75) is 34.6 Å². The number of aromatic amines is 1. The van der Waals surface area contributed by atoms with Crippen LogP contribution in [0.4, 0.5) is 0 Å². The molecule has 3 aromatic heterocycles. The minimum Gasteiger partial charge on any atom is -0.507 e. The van der Waals surface area contributed by atoms with Gasteiger partial charge in [-0.25, -0.2) is 9.97 Å². The minimum absolute atomic E-state index is 0.152. The molecule has 4 aromatic rings. The van der Waals surface area contributed by atoms with Gasteiger partial charge >= 0.3 is 0 Å². The maximum atomic E-state index is 10.9. The largest absolute Gasteiger partial charge is 0.507 e. The van der Waals surface area contributed by atoms with Crippen molar-refractivity contribution in [3.05, 3.63) is 65.5 Å². The van der Waals surface area contributed by atoms with Crippen molar-refractivity contribution in [2.75, 3.05) is 0 Å². The van der Waals surface area contributed by atoms with Crippen LogP contribution < -0.4 is 0 Å². The lowest BCUT2D eigenvalue weighted by molar-refractivity contribution is 0.393. The predicted molar refractivity (Wildman–Crippen MR) is 120 cm³/mol. The molecule has 0 amide bonds. The average Bonchev–Trinajstić information content (AvgIpc) is 3.20. The van der Waals surface area contributed by atoms with E-state index in [2.05, 4.69) is 21.7 Å². The zero-order valence-corrected chi connectivity index (χ0v) is 17.8. The van der Waals surface area contributed by atoms with E-state index in [1.807, 2.05) is 58.9 Å². The van der Waals surface area contributed by atoms with Gasteiger partial charge < -0.3 is 14.6 Å². The van der Waals surface area contributed by atoms with Gasteiger partial charge in [-0.05, 0) is 52.3 Å². The van der Waals surface area contributed by atoms with Crippen molar-refractivity contribution in [3.8, 4) is 16.9 Å². The van der Waals surface area contributed by atoms with Crippen molar-refractivity contribution in [1.82, 2.24) is 20.1 Å². The van der Waals surface area contributed by atoms with Crippen LogP contribution in [0.5, 0.6) is 5.75 Å². The number of phenols is 1. The fourth-order valence-corrected chi connectivity index (χ4v) is 3.99. The first kappa shape index (κ1) is 19.6. The van der Waals surface area contributed by atoms with Crippen molar-refractivity contribution >= 4 is 27.5 Å². The Morgan fingerprint density at radius 2 is 1.97 bits per heavy atom. The Morgan fingerprint density at radius 1 is 1.20 bits per heavy atom. The van der Waals surface area contributed by atoms with Crippen molar-refractivity contribution in [1.29, 1.82) is 0 Å². The van der Waals surface area contributed by atoms with Gasteiger partial charge in [0.2, 0.25) is 0 Å². The van der Waals surface area contributed by atoms with Gasteiger partial charge in [-0.15, -0.1) is 0 Å². The summed E-state index contributed by atoms with van der Waals surface area (Å²) in [4.78, 5) is 12.7. The monoisotopic (exact) mass is 400 g/mol. The Morgan fingerprint density at radius 3 is 2.60 bits per heavy atom. The van der Waals surface area contributed by atoms with Gasteiger partial charge in [0.25, 0.3) is 0 Å². The van der Waals surface area contributed by atoms with Crippen molar-refractivity contribution in [2.24, 2.45) is 0 Å². The molecule has 0 unspecified atom stereocenters. The normalized spacial score (nSPS) is 12.8. The molecule has 0 bridgehead atoms. The number of nitrogens with zero attached hydrogens (tertiary/aromatic N) is 3. The molecule has 0 saturated carbocycles. The molecular weight excluding hydrogens is 376 g/mol. The summed E-state index contributed by atoms with van der Waals surface area (Å²) in [7, 11) is 0. The molecular formula is C24H24N4O2. The van der Waals surface area contributed by atoms with Gasteiger partial charge in [0.15, 0.2) is 0 Å². The highest BCUT2D eigenvalue weighted by Gasteiger charge is 2.20. The molecule has 3 heterocycles. The summed E-state index contributed by atoms with van der Waals surface area (Å²) >= 11 is 0. The number of benzene rings is 1. The third-order valence-corrected chi connectivity index (χ3v) is 5.28. The smallest absolute Gasteiger partial charge is 0.142 e. The summed E-state index contributed by atoms with van der Waals surface area (Å²) in [6.45, 7) is 13.6. The Balaban J connectivity index is 2.09. The average molecular weight is 400 g/mol. The number of nitrogens with one attached hydrogen (secondary N) is 1. The van der Waals surface area contributed by atoms with E-state index in [9.17, 15) is 5.11 Å². The first-order chi connectivity index (χ1) is 14.3. The van der Waals surface area contributed by atoms with E-state index < -0.39 is 0 Å². The van der Waals surface area contributed by atoms with Gasteiger partial charge in [-0.3, -0.25) is 0 Å². The van der Waals surface area contributed by atoms with Crippen LogP contribution in [0, 0.1) is 20.8 Å². The zero-order chi connectivity index (χ0) is 21.6. The summed E-state index contributed by atoms with van der Waals surface area (Å²) in [6.07, 6.45) is 5.83. The van der Waals surface area contributed by atoms with Crippen LogP contribution in [0.3, 0.4) is 0 Å². The number of hydrogen-bond acceptors (Lipinski definition) is 5. The lowest BCUT2D eigenvalue weighted by atomic mass is 9.98. The Hall–Kier alpha value is -3.67. The number of rotatable bonds is 4. The highest BCUT2D eigenvalue weighted by atomic mass is 16.5. The molecule has 30 heavy (non-hydrogen) atoms. The van der Waals surface area contributed by atoms with E-state index in [0.29, 0.717) is 17.1 Å². The van der Waals surface area contributed by atoms with E-state index in [0.717, 1.165) is 50.0 Å². The minimum atomic E-state index is 0.152. The zero-order valence-electron chi connectivity index (χ0n) is 17.8. The molecule has 0 spiro atoms. The van der Waals surface area contributed by atoms with Crippen molar-refractivity contribution < 1.29 is 9.63 Å². The Kier molecular flexibility index (Phi) is 4.78. The molecule has 4 rings (SSSR count). The van der Waals surface area contributed by atoms with Crippen LogP contribution in [-0.4, -0.2) is 25.2 Å². The van der Waals surface area contributed by atoms with E-state index in [1.54, 1.807) is 6.07 Å². The second-order valence-corrected chi connectivity index (χ2v) is 7.38. The standard InChI is InChI=1S/C24H24N4O2/c1-7-9-12(3)16(8-2)23-22-17-11-20(29)18(21-13(4)28-30-14(21)5)10-19(17)27-24(22)26-15(6)25-23/h7-11,29H,2H2,1,3-6H3,(H,25,26,27). The maximum Gasteiger partial charge on any atom is 0.142 e. The third kappa shape index (κ3) is 3.01. The van der Waals surface area contributed by atoms with Gasteiger partial charge in [-0.1, -0.05) is 30.0 Å². The highest BCUT2D eigenvalue weighted by molar-refractivity contribution is 6.12. The number of allylic oxidation sites excluding steroid dienone is 5. The second-order valence-electron chi connectivity index (χ2n) is 7.38. The molecule has 0 atom stereocenters. The number of hydrogen-bond donors (Lipinski definition) is 2. The van der Waals surface area contributed by atoms with Crippen molar-refractivity contribution in [3.63, 3.8) is 0 Å². The molecule has 1 aromatic carbocycles. The maximum absolute atomic E-state index is 10.9. The van der Waals surface area contributed by atoms with Gasteiger partial charge in [0.05, 0.1) is 22.3 Å². The lowest BCUT2D eigenvalue weighted by Gasteiger charge is -2.09. The number of aromatic nitrogens is 4. The van der Waals surface area contributed by atoms with E-state index in [1.165, 1.54) is 0 Å². The highest BCUT2D eigenvalue weighted by Crippen LogP contribution is 2.40. The van der Waals surface area contributed by atoms with E-state index in [4.69, 9.17) is 9.51 Å². The van der Waals surface area contributed by atoms with E-state index in [-0.39, 0.29) is 5.75 Å². The molecule has 0 aliphatic carbocycles. The molecule has 6 heteroatoms. The predicted octanol–water partition coefficient (Wildman–Crippen LogP) is 5.93. The summed E-state index contributed by atoms with van der Waals surface area (Å²) in [5.41, 5.74) is 6.54.